The van der Waals surface area contributed by atoms with E-state index in [4.69, 9.17) is 85.6 Å². The molecule has 4 aliphatic heterocycles. The number of rotatable bonds is 21. The van der Waals surface area contributed by atoms with Crippen molar-refractivity contribution in [1.82, 2.24) is 48.8 Å². The Labute approximate surface area is 434 Å². The van der Waals surface area contributed by atoms with Crippen LogP contribution in [0.25, 0.3) is 22.3 Å². The van der Waals surface area contributed by atoms with Gasteiger partial charge in [0, 0.05) is 19.4 Å². The lowest BCUT2D eigenvalue weighted by molar-refractivity contribution is -0.336. The van der Waals surface area contributed by atoms with Crippen LogP contribution in [0.3, 0.4) is 0 Å². The van der Waals surface area contributed by atoms with Crippen LogP contribution < -0.4 is 11.1 Å². The Morgan fingerprint density at radius 3 is 2.11 bits per heavy atom. The van der Waals surface area contributed by atoms with Crippen LogP contribution >= 0.6 is 13.4 Å². The van der Waals surface area contributed by atoms with Crippen LogP contribution in [0.15, 0.2) is 25.3 Å². The third-order valence-electron chi connectivity index (χ3n) is 11.6. The smallest absolute Gasteiger partial charge is 0.412 e. The minimum Gasteiger partial charge on any atom is -0.447 e. The number of alkyl halides is 2. The van der Waals surface area contributed by atoms with Crippen molar-refractivity contribution in [3.05, 3.63) is 25.3 Å². The molecule has 8 heterocycles. The summed E-state index contributed by atoms with van der Waals surface area (Å²) in [6, 6.07) is 0. The van der Waals surface area contributed by atoms with Crippen LogP contribution in [0.5, 0.6) is 0 Å². The van der Waals surface area contributed by atoms with Crippen molar-refractivity contribution in [2.24, 2.45) is 5.92 Å². The van der Waals surface area contributed by atoms with Gasteiger partial charge < -0.3 is 58.1 Å². The minimum absolute atomic E-state index is 0.0119. The fourth-order valence-electron chi connectivity index (χ4n) is 7.87. The van der Waals surface area contributed by atoms with E-state index in [2.05, 4.69) is 35.2 Å². The number of hydrogen-bond donors (Lipinski definition) is 4. The van der Waals surface area contributed by atoms with Crippen molar-refractivity contribution in [3.8, 4) is 0 Å². The molecule has 0 aromatic carbocycles. The first-order valence-electron chi connectivity index (χ1n) is 23.0. The van der Waals surface area contributed by atoms with Gasteiger partial charge in [0.1, 0.15) is 37.0 Å². The van der Waals surface area contributed by atoms with Crippen LogP contribution in [0.4, 0.5) is 25.2 Å². The summed E-state index contributed by atoms with van der Waals surface area (Å²) in [5.41, 5.74) is 5.98. The molecule has 30 nitrogen and oxygen atoms in total. The number of anilines is 2. The van der Waals surface area contributed by atoms with Gasteiger partial charge in [-0.3, -0.25) is 42.8 Å². The molecule has 3 unspecified atom stereocenters. The standard InChI is InChI=1S/C39H52F2N12O18P2S2/c1-21-15-24(55)51(35(21)56)5-7-61-10-12-63-14-13-62-11-9-60-6-3-23(54)50(2)4-8-64-39(57)49-32-28-34(46-18-44-32)53(20-48-28)37-26(41)30-38(67-37)68-71-73(59,75)69-29-22(16-65-72(58,74)70-30)66-36(25(29)40)52-19-47-27-31(42)43-17-45-33(27)52/h17-22,25-26,29-30,36-38H,3-16H2,1-2H3,(H,58,74)(H,59,75)(H2,42,43,45)(H,44,46,49,57)/t21?,22-,25-,26-,29-,30+,36-,37-,38-,72?,73?/m1/s1. The number of nitrogen functional groups attached to an aromatic ring is 1. The zero-order chi connectivity index (χ0) is 53.4. The third kappa shape index (κ3) is 13.9. The number of halogens is 2. The SMILES string of the molecule is CC1CC(=O)N(CCOCCOCCOCCOCCC(=O)N(C)CCOC(=O)Nc2ncnc3c2ncn3[C@@H]2O[C@@H]3OOP(O)(=S)O[C@H]4[C@@H](F)[C@H](n5cnc6c(N)ncnc65)O[C@@H]4COP(O)(=S)O[C@H]3[C@H]2F)C1=O. The molecule has 412 valence electrons. The summed E-state index contributed by atoms with van der Waals surface area (Å²) in [6.07, 6.45) is -10.9. The predicted octanol–water partition coefficient (Wildman–Crippen LogP) is 0.718. The first kappa shape index (κ1) is 56.6. The van der Waals surface area contributed by atoms with Gasteiger partial charge >= 0.3 is 19.5 Å². The van der Waals surface area contributed by atoms with Crippen molar-refractivity contribution >= 4 is 94.8 Å². The van der Waals surface area contributed by atoms with E-state index in [1.54, 1.807) is 6.92 Å². The molecular weight excluding hydrogens is 1090 g/mol. The van der Waals surface area contributed by atoms with Gasteiger partial charge in [0.15, 0.2) is 59.3 Å². The first-order valence-corrected chi connectivity index (χ1v) is 28.1. The lowest BCUT2D eigenvalue weighted by Gasteiger charge is -2.29. The highest BCUT2D eigenvalue weighted by atomic mass is 32.5. The number of fused-ring (bicyclic) bond motifs is 4. The van der Waals surface area contributed by atoms with E-state index >= 15 is 8.78 Å². The maximum atomic E-state index is 16.5. The van der Waals surface area contributed by atoms with Crippen LogP contribution in [-0.2, 0) is 94.3 Å². The quantitative estimate of drug-likeness (QED) is 0.0386. The average Bonchev–Trinajstić information content (AvgIpc) is 4.18. The predicted molar refractivity (Wildman–Crippen MR) is 255 cm³/mol. The first-order chi connectivity index (χ1) is 35.9. The van der Waals surface area contributed by atoms with E-state index in [-0.39, 0.29) is 117 Å². The molecule has 0 aliphatic carbocycles. The number of carbonyl (C=O) groups is 4. The van der Waals surface area contributed by atoms with Gasteiger partial charge in [-0.1, -0.05) is 6.92 Å². The van der Waals surface area contributed by atoms with E-state index in [9.17, 15) is 29.0 Å². The molecule has 0 saturated carbocycles. The number of imidazole rings is 2. The Morgan fingerprint density at radius 2 is 1.43 bits per heavy atom. The highest BCUT2D eigenvalue weighted by molar-refractivity contribution is 8.07. The molecule has 4 aromatic rings. The Balaban J connectivity index is 0.749. The van der Waals surface area contributed by atoms with E-state index in [0.717, 1.165) is 23.5 Å². The fourth-order valence-corrected chi connectivity index (χ4v) is 10.5. The van der Waals surface area contributed by atoms with Crippen molar-refractivity contribution in [2.45, 2.75) is 69.2 Å². The molecule has 4 saturated heterocycles. The van der Waals surface area contributed by atoms with Gasteiger partial charge in [-0.25, -0.2) is 43.5 Å². The van der Waals surface area contributed by atoms with Gasteiger partial charge in [0.05, 0.1) is 91.6 Å². The number of aromatic nitrogens is 8. The van der Waals surface area contributed by atoms with Gasteiger partial charge in [0.2, 0.25) is 24.0 Å². The van der Waals surface area contributed by atoms with Crippen LogP contribution in [0.1, 0.15) is 32.2 Å². The Hall–Kier alpha value is -4.58. The van der Waals surface area contributed by atoms with Gasteiger partial charge in [-0.15, -0.1) is 4.67 Å². The number of likely N-dealkylation sites (tertiary alicyclic amines) is 1. The lowest BCUT2D eigenvalue weighted by atomic mass is 10.1. The van der Waals surface area contributed by atoms with Crippen LogP contribution in [-0.4, -0.2) is 206 Å². The largest absolute Gasteiger partial charge is 0.447 e. The average molecular weight is 1140 g/mol. The molecule has 4 aliphatic rings. The molecule has 11 atom stereocenters. The van der Waals surface area contributed by atoms with E-state index in [1.807, 2.05) is 0 Å². The summed E-state index contributed by atoms with van der Waals surface area (Å²) in [6.45, 7) is -5.89. The van der Waals surface area contributed by atoms with E-state index in [0.29, 0.717) is 26.4 Å². The molecule has 0 spiro atoms. The molecule has 8 rings (SSSR count). The number of imide groups is 1. The molecule has 4 aromatic heterocycles. The fraction of sp³-hybridized carbons (Fsp3) is 0.641. The third-order valence-corrected chi connectivity index (χ3v) is 14.4. The normalized spacial score (nSPS) is 29.3. The number of likely N-dealkylation sites (N-methyl/N-ethyl adjacent to an activating group) is 1. The maximum Gasteiger partial charge on any atom is 0.412 e. The number of amides is 4. The number of nitrogens with two attached hydrogens (primary N) is 1. The zero-order valence-corrected chi connectivity index (χ0v) is 43.3. The van der Waals surface area contributed by atoms with Crippen molar-refractivity contribution in [1.29, 1.82) is 0 Å². The van der Waals surface area contributed by atoms with Crippen LogP contribution in [0, 0.1) is 5.92 Å². The molecule has 36 heteroatoms. The number of nitrogens with one attached hydrogen (secondary N) is 1. The molecule has 75 heavy (non-hydrogen) atoms. The molecule has 5 N–H and O–H groups in total. The summed E-state index contributed by atoms with van der Waals surface area (Å²) in [5.74, 6) is -1.06. The summed E-state index contributed by atoms with van der Waals surface area (Å²) >= 11 is 10.3. The lowest BCUT2D eigenvalue weighted by Crippen LogP contribution is -2.36. The van der Waals surface area contributed by atoms with Crippen molar-refractivity contribution in [2.75, 3.05) is 97.3 Å². The molecule has 0 bridgehead atoms. The minimum atomic E-state index is -4.59. The number of hydrogen-bond acceptors (Lipinski definition) is 25. The Kier molecular flexibility index (Phi) is 19.1. The summed E-state index contributed by atoms with van der Waals surface area (Å²) < 4.78 is 95.2. The van der Waals surface area contributed by atoms with Gasteiger partial charge in [-0.2, -0.15) is 4.89 Å². The highest BCUT2D eigenvalue weighted by Crippen LogP contribution is 2.55. The summed E-state index contributed by atoms with van der Waals surface area (Å²) in [4.78, 5) is 104. The highest BCUT2D eigenvalue weighted by Gasteiger charge is 2.55. The van der Waals surface area contributed by atoms with Gasteiger partial charge in [-0.05, 0) is 23.6 Å². The molecule has 4 amide bonds. The van der Waals surface area contributed by atoms with E-state index < -0.39 is 75.5 Å². The topological polar surface area (TPSA) is 351 Å². The zero-order valence-electron chi connectivity index (χ0n) is 39.8. The molecule has 4 fully saturated rings. The Bertz CT molecular complexity index is 2780. The summed E-state index contributed by atoms with van der Waals surface area (Å²) in [5, 5.41) is 2.43. The van der Waals surface area contributed by atoms with Crippen LogP contribution in [0.2, 0.25) is 0 Å². The second-order valence-electron chi connectivity index (χ2n) is 16.8. The molecular formula is C39H52F2N12O18P2S2. The maximum absolute atomic E-state index is 16.5. The van der Waals surface area contributed by atoms with Crippen molar-refractivity contribution in [3.63, 3.8) is 0 Å². The second kappa shape index (κ2) is 25.3. The second-order valence-corrected chi connectivity index (χ2v) is 22.3. The Morgan fingerprint density at radius 1 is 0.827 bits per heavy atom. The van der Waals surface area contributed by atoms with Crippen molar-refractivity contribution < 1.29 is 94.0 Å². The molecule has 0 radical (unpaired) electrons. The van der Waals surface area contributed by atoms with E-state index in [1.165, 1.54) is 27.7 Å². The number of ether oxygens (including phenoxy) is 7. The monoisotopic (exact) mass is 1140 g/mol. The number of nitrogens with zero attached hydrogens (tertiary/aromatic N) is 10. The summed E-state index contributed by atoms with van der Waals surface area (Å²) in [7, 11) is 1.52. The van der Waals surface area contributed by atoms with Gasteiger partial charge in [0.25, 0.3) is 0 Å². The number of carbonyl (C=O) groups excluding carboxylic acids is 4.